The minimum atomic E-state index is -3.66. The first-order valence-electron chi connectivity index (χ1n) is 9.83. The van der Waals surface area contributed by atoms with Crippen molar-refractivity contribution in [3.05, 3.63) is 60.2 Å². The second-order valence-electron chi connectivity index (χ2n) is 6.97. The minimum Gasteiger partial charge on any atom is -0.369 e. The topological polar surface area (TPSA) is 81.7 Å². The van der Waals surface area contributed by atoms with E-state index in [0.29, 0.717) is 12.1 Å². The predicted octanol–water partition coefficient (Wildman–Crippen LogP) is 1.15. The van der Waals surface area contributed by atoms with Crippen molar-refractivity contribution in [2.75, 3.05) is 50.7 Å². The number of carbonyl (C=O) groups excluding carboxylic acids is 1. The number of sulfonamides is 1. The second kappa shape index (κ2) is 10.3. The van der Waals surface area contributed by atoms with Crippen LogP contribution in [0.1, 0.15) is 10.4 Å². The van der Waals surface area contributed by atoms with Crippen molar-refractivity contribution in [3.63, 3.8) is 0 Å². The average molecular weight is 427 g/mol. The van der Waals surface area contributed by atoms with Gasteiger partial charge in [0.05, 0.1) is 11.4 Å². The number of rotatable bonds is 8. The van der Waals surface area contributed by atoms with Crippen molar-refractivity contribution >= 4 is 21.6 Å². The number of para-hydroxylation sites is 1. The minimum absolute atomic E-state index is 0.0746. The van der Waals surface area contributed by atoms with Gasteiger partial charge in [0.2, 0.25) is 10.0 Å². The molecule has 1 amide bonds. The fourth-order valence-electron chi connectivity index (χ4n) is 3.30. The van der Waals surface area contributed by atoms with Crippen LogP contribution >= 0.6 is 0 Å². The molecule has 0 aliphatic carbocycles. The molecule has 0 bridgehead atoms. The lowest BCUT2D eigenvalue weighted by molar-refractivity contribution is 0.0947. The summed E-state index contributed by atoms with van der Waals surface area (Å²) in [4.78, 5) is 17.1. The fraction of sp³-hybridized carbons (Fsp3) is 0.318. The summed E-state index contributed by atoms with van der Waals surface area (Å²) in [5.41, 5.74) is 1.66. The molecule has 1 saturated heterocycles. The summed E-state index contributed by atoms with van der Waals surface area (Å²) >= 11 is 0. The van der Waals surface area contributed by atoms with E-state index in [2.05, 4.69) is 37.9 Å². The number of benzene rings is 2. The van der Waals surface area contributed by atoms with E-state index >= 15 is 0 Å². The zero-order valence-corrected chi connectivity index (χ0v) is 17.6. The summed E-state index contributed by atoms with van der Waals surface area (Å²) in [6.07, 6.45) is 5.08. The van der Waals surface area contributed by atoms with Gasteiger partial charge in [-0.25, -0.2) is 8.42 Å². The second-order valence-corrected chi connectivity index (χ2v) is 8.74. The van der Waals surface area contributed by atoms with Gasteiger partial charge in [0, 0.05) is 50.5 Å². The van der Waals surface area contributed by atoms with Crippen molar-refractivity contribution < 1.29 is 13.2 Å². The molecule has 0 atom stereocenters. The number of amides is 1. The maximum absolute atomic E-state index is 12.3. The van der Waals surface area contributed by atoms with Crippen LogP contribution in [0.5, 0.6) is 0 Å². The lowest BCUT2D eigenvalue weighted by atomic mass is 10.2. The van der Waals surface area contributed by atoms with Gasteiger partial charge < -0.3 is 10.2 Å². The molecule has 1 heterocycles. The molecule has 0 spiro atoms. The fourth-order valence-corrected chi connectivity index (χ4v) is 4.24. The number of hydrogen-bond acceptors (Lipinski definition) is 5. The molecule has 0 radical (unpaired) electrons. The molecule has 3 rings (SSSR count). The number of nitrogens with zero attached hydrogens (tertiary/aromatic N) is 2. The Morgan fingerprint density at radius 3 is 2.30 bits per heavy atom. The van der Waals surface area contributed by atoms with Crippen LogP contribution < -0.4 is 14.9 Å². The summed E-state index contributed by atoms with van der Waals surface area (Å²) in [5.74, 6) is 2.00. The first-order chi connectivity index (χ1) is 14.5. The highest BCUT2D eigenvalue weighted by molar-refractivity contribution is 7.89. The number of piperazine rings is 1. The molecule has 2 aromatic carbocycles. The number of nitrogens with one attached hydrogen (secondary N) is 2. The highest BCUT2D eigenvalue weighted by atomic mass is 32.2. The zero-order valence-electron chi connectivity index (χ0n) is 16.8. The Bertz CT molecular complexity index is 977. The maximum atomic E-state index is 12.3. The molecule has 7 nitrogen and oxygen atoms in total. The normalized spacial score (nSPS) is 14.8. The predicted molar refractivity (Wildman–Crippen MR) is 118 cm³/mol. The monoisotopic (exact) mass is 426 g/mol. The van der Waals surface area contributed by atoms with E-state index in [0.717, 1.165) is 32.7 Å². The van der Waals surface area contributed by atoms with E-state index in [4.69, 9.17) is 6.42 Å². The van der Waals surface area contributed by atoms with Gasteiger partial charge in [0.25, 0.3) is 5.91 Å². The molecule has 1 aliphatic rings. The van der Waals surface area contributed by atoms with E-state index in [1.54, 1.807) is 0 Å². The molecule has 0 aromatic heterocycles. The summed E-state index contributed by atoms with van der Waals surface area (Å²) in [6.45, 7) is 5.04. The molecule has 158 valence electrons. The largest absolute Gasteiger partial charge is 0.369 e. The molecule has 2 N–H and O–H groups in total. The standard InChI is InChI=1S/C22H26N4O3S/c1-2-12-24-30(28,29)21-10-8-19(9-11-21)22(27)23-13-14-25-15-17-26(18-16-25)20-6-4-3-5-7-20/h1,3-11,24H,12-18H2,(H,23,27). The van der Waals surface area contributed by atoms with Crippen LogP contribution in [0.15, 0.2) is 59.5 Å². The van der Waals surface area contributed by atoms with Gasteiger partial charge >= 0.3 is 0 Å². The molecular formula is C22H26N4O3S. The summed E-state index contributed by atoms with van der Waals surface area (Å²) in [5, 5.41) is 2.90. The lowest BCUT2D eigenvalue weighted by Gasteiger charge is -2.36. The third-order valence-electron chi connectivity index (χ3n) is 5.00. The van der Waals surface area contributed by atoms with Crippen molar-refractivity contribution in [3.8, 4) is 12.3 Å². The number of carbonyl (C=O) groups is 1. The third kappa shape index (κ3) is 5.83. The van der Waals surface area contributed by atoms with Gasteiger partial charge in [-0.3, -0.25) is 9.69 Å². The van der Waals surface area contributed by atoms with E-state index in [1.165, 1.54) is 30.0 Å². The summed E-state index contributed by atoms with van der Waals surface area (Å²) in [6, 6.07) is 16.2. The Morgan fingerprint density at radius 1 is 1.00 bits per heavy atom. The zero-order chi connectivity index (χ0) is 21.4. The third-order valence-corrected chi connectivity index (χ3v) is 6.42. The van der Waals surface area contributed by atoms with E-state index in [9.17, 15) is 13.2 Å². The van der Waals surface area contributed by atoms with Crippen LogP contribution in [0.2, 0.25) is 0 Å². The van der Waals surface area contributed by atoms with Crippen molar-refractivity contribution in [1.29, 1.82) is 0 Å². The van der Waals surface area contributed by atoms with Crippen LogP contribution in [-0.4, -0.2) is 65.0 Å². The Hall–Kier alpha value is -2.86. The van der Waals surface area contributed by atoms with Gasteiger partial charge in [-0.15, -0.1) is 6.42 Å². The summed E-state index contributed by atoms with van der Waals surface area (Å²) < 4.78 is 26.3. The highest BCUT2D eigenvalue weighted by Gasteiger charge is 2.17. The molecule has 0 unspecified atom stereocenters. The number of hydrogen-bond donors (Lipinski definition) is 2. The van der Waals surface area contributed by atoms with E-state index < -0.39 is 10.0 Å². The lowest BCUT2D eigenvalue weighted by Crippen LogP contribution is -2.48. The number of anilines is 1. The quantitative estimate of drug-likeness (QED) is 0.619. The first-order valence-corrected chi connectivity index (χ1v) is 11.3. The summed E-state index contributed by atoms with van der Waals surface area (Å²) in [7, 11) is -3.66. The molecular weight excluding hydrogens is 400 g/mol. The van der Waals surface area contributed by atoms with Gasteiger partial charge in [-0.05, 0) is 36.4 Å². The maximum Gasteiger partial charge on any atom is 0.251 e. The van der Waals surface area contributed by atoms with Gasteiger partial charge in [-0.1, -0.05) is 24.1 Å². The van der Waals surface area contributed by atoms with Gasteiger partial charge in [-0.2, -0.15) is 4.72 Å². The molecule has 1 aliphatic heterocycles. The van der Waals surface area contributed by atoms with Gasteiger partial charge in [0.15, 0.2) is 0 Å². The molecule has 0 saturated carbocycles. The Labute approximate surface area is 178 Å². The first kappa shape index (κ1) is 21.8. The Kier molecular flexibility index (Phi) is 7.46. The SMILES string of the molecule is C#CCNS(=O)(=O)c1ccc(C(=O)NCCN2CCN(c3ccccc3)CC2)cc1. The van der Waals surface area contributed by atoms with Crippen LogP contribution in [0.3, 0.4) is 0 Å². The molecule has 2 aromatic rings. The highest BCUT2D eigenvalue weighted by Crippen LogP contribution is 2.15. The van der Waals surface area contributed by atoms with E-state index in [1.807, 2.05) is 18.2 Å². The van der Waals surface area contributed by atoms with Crippen LogP contribution in [-0.2, 0) is 10.0 Å². The molecule has 1 fully saturated rings. The Morgan fingerprint density at radius 2 is 1.67 bits per heavy atom. The molecule has 8 heteroatoms. The molecule has 30 heavy (non-hydrogen) atoms. The average Bonchev–Trinajstić information content (AvgIpc) is 2.79. The van der Waals surface area contributed by atoms with Gasteiger partial charge in [0.1, 0.15) is 0 Å². The Balaban J connectivity index is 1.42. The van der Waals surface area contributed by atoms with Crippen molar-refractivity contribution in [2.45, 2.75) is 4.90 Å². The van der Waals surface area contributed by atoms with Crippen LogP contribution in [0.25, 0.3) is 0 Å². The van der Waals surface area contributed by atoms with Crippen molar-refractivity contribution in [1.82, 2.24) is 14.9 Å². The van der Waals surface area contributed by atoms with E-state index in [-0.39, 0.29) is 17.3 Å². The van der Waals surface area contributed by atoms with Crippen LogP contribution in [0, 0.1) is 12.3 Å². The van der Waals surface area contributed by atoms with Crippen LogP contribution in [0.4, 0.5) is 5.69 Å². The van der Waals surface area contributed by atoms with Crippen molar-refractivity contribution in [2.24, 2.45) is 0 Å². The number of terminal acetylenes is 1. The smallest absolute Gasteiger partial charge is 0.251 e.